The lowest BCUT2D eigenvalue weighted by Gasteiger charge is -1.89. The second-order valence-corrected chi connectivity index (χ2v) is 4.26. The highest BCUT2D eigenvalue weighted by Crippen LogP contribution is 2.31. The molecule has 2 aromatic rings. The standard InChI is InChI=1S/C9H12N4S/c1-3-6-4-7(8(10)14-6)9-11-5(2)12-13-9/h4H,3,10H2,1-2H3,(H,11,12,13). The third kappa shape index (κ3) is 1.50. The molecule has 0 unspecified atom stereocenters. The highest BCUT2D eigenvalue weighted by Gasteiger charge is 2.11. The van der Waals surface area contributed by atoms with E-state index in [1.54, 1.807) is 11.3 Å². The van der Waals surface area contributed by atoms with Crippen LogP contribution < -0.4 is 5.73 Å². The van der Waals surface area contributed by atoms with Crippen molar-refractivity contribution >= 4 is 16.3 Å². The van der Waals surface area contributed by atoms with E-state index in [4.69, 9.17) is 5.73 Å². The Morgan fingerprint density at radius 3 is 2.86 bits per heavy atom. The van der Waals surface area contributed by atoms with Gasteiger partial charge in [-0.15, -0.1) is 11.3 Å². The zero-order valence-corrected chi connectivity index (χ0v) is 8.98. The average molecular weight is 208 g/mol. The second kappa shape index (κ2) is 3.42. The average Bonchev–Trinajstić information content (AvgIpc) is 2.71. The summed E-state index contributed by atoms with van der Waals surface area (Å²) in [6.45, 7) is 3.98. The SMILES string of the molecule is CCc1cc(-c2n[nH]c(C)n2)c(N)s1. The predicted molar refractivity (Wildman–Crippen MR) is 58.2 cm³/mol. The molecule has 2 rings (SSSR count). The summed E-state index contributed by atoms with van der Waals surface area (Å²) in [4.78, 5) is 5.51. The van der Waals surface area contributed by atoms with Crippen molar-refractivity contribution in [2.75, 3.05) is 5.73 Å². The number of nitrogens with one attached hydrogen (secondary N) is 1. The zero-order chi connectivity index (χ0) is 10.1. The van der Waals surface area contributed by atoms with E-state index >= 15 is 0 Å². The molecule has 0 spiro atoms. The largest absolute Gasteiger partial charge is 0.390 e. The number of hydrogen-bond acceptors (Lipinski definition) is 4. The zero-order valence-electron chi connectivity index (χ0n) is 8.16. The van der Waals surface area contributed by atoms with E-state index in [2.05, 4.69) is 28.2 Å². The van der Waals surface area contributed by atoms with Gasteiger partial charge in [0, 0.05) is 4.88 Å². The van der Waals surface area contributed by atoms with Gasteiger partial charge >= 0.3 is 0 Å². The Balaban J connectivity index is 2.45. The smallest absolute Gasteiger partial charge is 0.184 e. The van der Waals surface area contributed by atoms with Gasteiger partial charge in [0.15, 0.2) is 5.82 Å². The van der Waals surface area contributed by atoms with Gasteiger partial charge in [-0.25, -0.2) is 4.98 Å². The Bertz CT molecular complexity index is 443. The van der Waals surface area contributed by atoms with Crippen molar-refractivity contribution in [2.24, 2.45) is 0 Å². The van der Waals surface area contributed by atoms with Crippen LogP contribution in [0.4, 0.5) is 5.00 Å². The lowest BCUT2D eigenvalue weighted by atomic mass is 10.2. The second-order valence-electron chi connectivity index (χ2n) is 3.09. The van der Waals surface area contributed by atoms with Crippen LogP contribution in [0.25, 0.3) is 11.4 Å². The summed E-state index contributed by atoms with van der Waals surface area (Å²) in [5, 5.41) is 7.69. The maximum atomic E-state index is 5.88. The number of H-pyrrole nitrogens is 1. The summed E-state index contributed by atoms with van der Waals surface area (Å²) in [6, 6.07) is 2.06. The molecule has 2 heterocycles. The third-order valence-corrected chi connectivity index (χ3v) is 3.11. The Labute approximate surface area is 86.2 Å². The summed E-state index contributed by atoms with van der Waals surface area (Å²) >= 11 is 1.60. The van der Waals surface area contributed by atoms with Crippen molar-refractivity contribution in [2.45, 2.75) is 20.3 Å². The van der Waals surface area contributed by atoms with E-state index in [0.29, 0.717) is 5.82 Å². The number of aromatic amines is 1. The maximum absolute atomic E-state index is 5.88. The Kier molecular flexibility index (Phi) is 2.25. The number of nitrogens with zero attached hydrogens (tertiary/aromatic N) is 2. The lowest BCUT2D eigenvalue weighted by molar-refractivity contribution is 1.04. The number of nitrogens with two attached hydrogens (primary N) is 1. The molecule has 0 aliphatic rings. The van der Waals surface area contributed by atoms with Gasteiger partial charge in [0.1, 0.15) is 5.82 Å². The van der Waals surface area contributed by atoms with Gasteiger partial charge in [0.05, 0.1) is 10.6 Å². The van der Waals surface area contributed by atoms with Gasteiger partial charge in [0.2, 0.25) is 0 Å². The quantitative estimate of drug-likeness (QED) is 0.793. The first kappa shape index (κ1) is 9.21. The fourth-order valence-electron chi connectivity index (χ4n) is 1.27. The van der Waals surface area contributed by atoms with Crippen LogP contribution in [0.15, 0.2) is 6.07 Å². The monoisotopic (exact) mass is 208 g/mol. The van der Waals surface area contributed by atoms with E-state index in [0.717, 1.165) is 22.8 Å². The molecule has 0 amide bonds. The number of anilines is 1. The topological polar surface area (TPSA) is 67.6 Å². The van der Waals surface area contributed by atoms with Crippen molar-refractivity contribution in [3.05, 3.63) is 16.8 Å². The van der Waals surface area contributed by atoms with Gasteiger partial charge in [-0.3, -0.25) is 5.10 Å². The van der Waals surface area contributed by atoms with Crippen molar-refractivity contribution in [1.82, 2.24) is 15.2 Å². The first-order valence-corrected chi connectivity index (χ1v) is 5.30. The minimum atomic E-state index is 0.691. The number of aromatic nitrogens is 3. The molecule has 0 aromatic carbocycles. The molecule has 0 aliphatic heterocycles. The van der Waals surface area contributed by atoms with Crippen molar-refractivity contribution < 1.29 is 0 Å². The Morgan fingerprint density at radius 1 is 1.57 bits per heavy atom. The van der Waals surface area contributed by atoms with E-state index in [9.17, 15) is 0 Å². The minimum Gasteiger partial charge on any atom is -0.390 e. The third-order valence-electron chi connectivity index (χ3n) is 2.00. The molecule has 0 saturated heterocycles. The molecular formula is C9H12N4S. The van der Waals surface area contributed by atoms with E-state index in [1.807, 2.05) is 6.92 Å². The lowest BCUT2D eigenvalue weighted by Crippen LogP contribution is -1.85. The maximum Gasteiger partial charge on any atom is 0.184 e. The summed E-state index contributed by atoms with van der Waals surface area (Å²) in [5.74, 6) is 1.50. The molecule has 0 fully saturated rings. The van der Waals surface area contributed by atoms with Crippen LogP contribution in [-0.2, 0) is 6.42 Å². The van der Waals surface area contributed by atoms with Crippen LogP contribution in [0.3, 0.4) is 0 Å². The summed E-state index contributed by atoms with van der Waals surface area (Å²) < 4.78 is 0. The number of aryl methyl sites for hydroxylation is 2. The van der Waals surface area contributed by atoms with Crippen LogP contribution in [0.2, 0.25) is 0 Å². The van der Waals surface area contributed by atoms with Crippen LogP contribution in [0.1, 0.15) is 17.6 Å². The molecule has 0 aliphatic carbocycles. The molecule has 14 heavy (non-hydrogen) atoms. The molecule has 0 bridgehead atoms. The normalized spacial score (nSPS) is 10.7. The molecule has 3 N–H and O–H groups in total. The highest BCUT2D eigenvalue weighted by atomic mass is 32.1. The number of thiophene rings is 1. The molecule has 4 nitrogen and oxygen atoms in total. The van der Waals surface area contributed by atoms with Crippen LogP contribution in [-0.4, -0.2) is 15.2 Å². The van der Waals surface area contributed by atoms with E-state index in [-0.39, 0.29) is 0 Å². The van der Waals surface area contributed by atoms with E-state index in [1.165, 1.54) is 4.88 Å². The Hall–Kier alpha value is -1.36. The van der Waals surface area contributed by atoms with Gasteiger partial charge in [0.25, 0.3) is 0 Å². The van der Waals surface area contributed by atoms with Gasteiger partial charge in [-0.2, -0.15) is 5.10 Å². The molecule has 74 valence electrons. The number of rotatable bonds is 2. The molecular weight excluding hydrogens is 196 g/mol. The van der Waals surface area contributed by atoms with E-state index < -0.39 is 0 Å². The first-order valence-electron chi connectivity index (χ1n) is 4.48. The first-order chi connectivity index (χ1) is 6.70. The fraction of sp³-hybridized carbons (Fsp3) is 0.333. The minimum absolute atomic E-state index is 0.691. The summed E-state index contributed by atoms with van der Waals surface area (Å²) in [5.41, 5.74) is 6.82. The molecule has 2 aromatic heterocycles. The van der Waals surface area contributed by atoms with Gasteiger partial charge in [-0.05, 0) is 19.4 Å². The number of hydrogen-bond donors (Lipinski definition) is 2. The highest BCUT2D eigenvalue weighted by molar-refractivity contribution is 7.16. The van der Waals surface area contributed by atoms with Gasteiger partial charge < -0.3 is 5.73 Å². The van der Waals surface area contributed by atoms with Crippen LogP contribution in [0, 0.1) is 6.92 Å². The van der Waals surface area contributed by atoms with Crippen molar-refractivity contribution in [3.8, 4) is 11.4 Å². The van der Waals surface area contributed by atoms with Crippen molar-refractivity contribution in [3.63, 3.8) is 0 Å². The number of nitrogen functional groups attached to an aromatic ring is 1. The Morgan fingerprint density at radius 2 is 2.36 bits per heavy atom. The molecule has 0 radical (unpaired) electrons. The van der Waals surface area contributed by atoms with Crippen LogP contribution in [0.5, 0.6) is 0 Å². The summed E-state index contributed by atoms with van der Waals surface area (Å²) in [6.07, 6.45) is 0.998. The van der Waals surface area contributed by atoms with Crippen LogP contribution >= 0.6 is 11.3 Å². The summed E-state index contributed by atoms with van der Waals surface area (Å²) in [7, 11) is 0. The molecule has 5 heteroatoms. The fourth-order valence-corrected chi connectivity index (χ4v) is 2.13. The predicted octanol–water partition coefficient (Wildman–Crippen LogP) is 1.99. The van der Waals surface area contributed by atoms with Crippen molar-refractivity contribution in [1.29, 1.82) is 0 Å². The molecule has 0 saturated carbocycles. The van der Waals surface area contributed by atoms with Gasteiger partial charge in [-0.1, -0.05) is 6.92 Å². The molecule has 0 atom stereocenters.